The maximum absolute atomic E-state index is 13.2. The van der Waals surface area contributed by atoms with Gasteiger partial charge in [0.2, 0.25) is 0 Å². The van der Waals surface area contributed by atoms with Gasteiger partial charge in [-0.15, -0.1) is 0 Å². The van der Waals surface area contributed by atoms with Gasteiger partial charge in [-0.3, -0.25) is 0 Å². The Hall–Kier alpha value is -0.410. The van der Waals surface area contributed by atoms with Gasteiger partial charge in [0, 0.05) is 10.5 Å². The fraction of sp³-hybridized carbons (Fsp3) is 0.600. The third kappa shape index (κ3) is 3.12. The summed E-state index contributed by atoms with van der Waals surface area (Å²) < 4.78 is 14.0. The molecule has 1 aliphatic rings. The molecule has 1 aliphatic carbocycles. The lowest BCUT2D eigenvalue weighted by Crippen LogP contribution is -2.29. The van der Waals surface area contributed by atoms with Crippen molar-refractivity contribution >= 4 is 15.9 Å². The molecule has 0 bridgehead atoms. The summed E-state index contributed by atoms with van der Waals surface area (Å²) >= 11 is 3.49. The van der Waals surface area contributed by atoms with Crippen LogP contribution in [0.15, 0.2) is 22.7 Å². The molecule has 0 aromatic heterocycles. The molecule has 18 heavy (non-hydrogen) atoms. The third-order valence-electron chi connectivity index (χ3n) is 4.06. The summed E-state index contributed by atoms with van der Waals surface area (Å²) in [5, 5.41) is 3.42. The highest BCUT2D eigenvalue weighted by Crippen LogP contribution is 2.39. The van der Waals surface area contributed by atoms with Crippen molar-refractivity contribution in [2.24, 2.45) is 11.8 Å². The van der Waals surface area contributed by atoms with Crippen LogP contribution in [0.4, 0.5) is 4.39 Å². The van der Waals surface area contributed by atoms with Gasteiger partial charge in [-0.1, -0.05) is 41.8 Å². The summed E-state index contributed by atoms with van der Waals surface area (Å²) in [6.45, 7) is 2.33. The Balaban J connectivity index is 2.21. The van der Waals surface area contributed by atoms with Crippen LogP contribution in [0, 0.1) is 17.7 Å². The minimum absolute atomic E-state index is 0.183. The first-order valence-electron chi connectivity index (χ1n) is 6.74. The Morgan fingerprint density at radius 2 is 2.17 bits per heavy atom. The van der Waals surface area contributed by atoms with Gasteiger partial charge >= 0.3 is 0 Å². The van der Waals surface area contributed by atoms with E-state index in [9.17, 15) is 4.39 Å². The second kappa shape index (κ2) is 6.16. The largest absolute Gasteiger partial charge is 0.313 e. The van der Waals surface area contributed by atoms with Crippen molar-refractivity contribution in [1.29, 1.82) is 0 Å². The van der Waals surface area contributed by atoms with Gasteiger partial charge < -0.3 is 5.32 Å². The van der Waals surface area contributed by atoms with Crippen LogP contribution < -0.4 is 5.32 Å². The second-order valence-corrected chi connectivity index (χ2v) is 6.32. The number of hydrogen-bond donors (Lipinski definition) is 1. The minimum Gasteiger partial charge on any atom is -0.313 e. The van der Waals surface area contributed by atoms with Crippen LogP contribution in [0.1, 0.15) is 44.2 Å². The van der Waals surface area contributed by atoms with E-state index in [4.69, 9.17) is 0 Å². The zero-order chi connectivity index (χ0) is 13.1. The van der Waals surface area contributed by atoms with Crippen LogP contribution in [0.2, 0.25) is 0 Å². The van der Waals surface area contributed by atoms with Crippen LogP contribution in [0.5, 0.6) is 0 Å². The standard InChI is InChI=1S/C15H21BrFN/c1-10-4-3-5-11(8-10)15(18-2)13-7-6-12(17)9-14(13)16/h6-7,9-11,15,18H,3-5,8H2,1-2H3. The van der Waals surface area contributed by atoms with Crippen LogP contribution in [-0.4, -0.2) is 7.05 Å². The highest BCUT2D eigenvalue weighted by atomic mass is 79.9. The molecule has 3 heteroatoms. The molecular weight excluding hydrogens is 293 g/mol. The van der Waals surface area contributed by atoms with Crippen molar-refractivity contribution in [2.45, 2.75) is 38.6 Å². The van der Waals surface area contributed by atoms with Crippen molar-refractivity contribution < 1.29 is 4.39 Å². The molecule has 1 N–H and O–H groups in total. The topological polar surface area (TPSA) is 12.0 Å². The lowest BCUT2D eigenvalue weighted by atomic mass is 9.77. The molecule has 2 rings (SSSR count). The van der Waals surface area contributed by atoms with Gasteiger partial charge in [-0.25, -0.2) is 4.39 Å². The summed E-state index contributed by atoms with van der Waals surface area (Å²) in [5.74, 6) is 1.27. The fourth-order valence-electron chi connectivity index (χ4n) is 3.18. The molecule has 1 aromatic carbocycles. The highest BCUT2D eigenvalue weighted by Gasteiger charge is 2.27. The lowest BCUT2D eigenvalue weighted by molar-refractivity contribution is 0.229. The molecule has 1 nitrogen and oxygen atoms in total. The van der Waals surface area contributed by atoms with Crippen molar-refractivity contribution in [1.82, 2.24) is 5.32 Å². The van der Waals surface area contributed by atoms with Gasteiger partial charge in [0.25, 0.3) is 0 Å². The molecule has 3 unspecified atom stereocenters. The quantitative estimate of drug-likeness (QED) is 0.854. The highest BCUT2D eigenvalue weighted by molar-refractivity contribution is 9.10. The van der Waals surface area contributed by atoms with Crippen molar-refractivity contribution in [3.05, 3.63) is 34.1 Å². The first-order valence-corrected chi connectivity index (χ1v) is 7.53. The van der Waals surface area contributed by atoms with E-state index >= 15 is 0 Å². The van der Waals surface area contributed by atoms with Crippen LogP contribution in [0.25, 0.3) is 0 Å². The molecule has 1 fully saturated rings. The van der Waals surface area contributed by atoms with E-state index in [-0.39, 0.29) is 5.82 Å². The Morgan fingerprint density at radius 1 is 1.39 bits per heavy atom. The van der Waals surface area contributed by atoms with E-state index in [0.29, 0.717) is 12.0 Å². The summed E-state index contributed by atoms with van der Waals surface area (Å²) in [4.78, 5) is 0. The molecule has 0 heterocycles. The lowest BCUT2D eigenvalue weighted by Gasteiger charge is -2.34. The first kappa shape index (κ1) is 14.0. The number of rotatable bonds is 3. The van der Waals surface area contributed by atoms with Crippen LogP contribution in [0.3, 0.4) is 0 Å². The van der Waals surface area contributed by atoms with E-state index in [1.165, 1.54) is 31.2 Å². The van der Waals surface area contributed by atoms with Gasteiger partial charge in [0.05, 0.1) is 0 Å². The Bertz CT molecular complexity index is 407. The molecule has 0 aliphatic heterocycles. The molecule has 100 valence electrons. The molecule has 0 spiro atoms. The normalized spacial score (nSPS) is 26.0. The summed E-state index contributed by atoms with van der Waals surface area (Å²) in [5.41, 5.74) is 1.18. The SMILES string of the molecule is CNC(c1ccc(F)cc1Br)C1CCCC(C)C1. The number of hydrogen-bond acceptors (Lipinski definition) is 1. The van der Waals surface area contributed by atoms with Crippen molar-refractivity contribution in [3.8, 4) is 0 Å². The maximum atomic E-state index is 13.2. The second-order valence-electron chi connectivity index (χ2n) is 5.46. The van der Waals surface area contributed by atoms with Crippen LogP contribution >= 0.6 is 15.9 Å². The number of halogens is 2. The third-order valence-corrected chi connectivity index (χ3v) is 4.74. The molecular formula is C15H21BrFN. The summed E-state index contributed by atoms with van der Waals surface area (Å²) in [6, 6.07) is 5.34. The average Bonchev–Trinajstić information content (AvgIpc) is 2.33. The van der Waals surface area contributed by atoms with Crippen molar-refractivity contribution in [3.63, 3.8) is 0 Å². The van der Waals surface area contributed by atoms with E-state index in [0.717, 1.165) is 10.4 Å². The van der Waals surface area contributed by atoms with Crippen LogP contribution in [-0.2, 0) is 0 Å². The molecule has 0 saturated heterocycles. The Kier molecular flexibility index (Phi) is 4.79. The van der Waals surface area contributed by atoms with E-state index in [2.05, 4.69) is 28.2 Å². The van der Waals surface area contributed by atoms with E-state index < -0.39 is 0 Å². The average molecular weight is 314 g/mol. The molecule has 0 amide bonds. The Labute approximate surface area is 117 Å². The smallest absolute Gasteiger partial charge is 0.124 e. The predicted octanol–water partition coefficient (Wildman–Crippen LogP) is 4.68. The first-order chi connectivity index (χ1) is 8.61. The Morgan fingerprint density at radius 3 is 2.78 bits per heavy atom. The molecule has 0 radical (unpaired) electrons. The van der Waals surface area contributed by atoms with E-state index in [1.807, 2.05) is 13.1 Å². The van der Waals surface area contributed by atoms with Crippen molar-refractivity contribution in [2.75, 3.05) is 7.05 Å². The minimum atomic E-state index is -0.183. The molecule has 1 saturated carbocycles. The predicted molar refractivity (Wildman–Crippen MR) is 77.0 cm³/mol. The van der Waals surface area contributed by atoms with Gasteiger partial charge in [-0.05, 0) is 49.4 Å². The van der Waals surface area contributed by atoms with Gasteiger partial charge in [0.1, 0.15) is 5.82 Å². The zero-order valence-corrected chi connectivity index (χ0v) is 12.6. The summed E-state index contributed by atoms with van der Waals surface area (Å²) in [6.07, 6.45) is 5.18. The zero-order valence-electron chi connectivity index (χ0n) is 11.0. The monoisotopic (exact) mass is 313 g/mol. The van der Waals surface area contributed by atoms with Gasteiger partial charge in [-0.2, -0.15) is 0 Å². The van der Waals surface area contributed by atoms with E-state index in [1.54, 1.807) is 12.1 Å². The number of benzene rings is 1. The number of nitrogens with one attached hydrogen (secondary N) is 1. The molecule has 3 atom stereocenters. The molecule has 1 aromatic rings. The van der Waals surface area contributed by atoms with Gasteiger partial charge in [0.15, 0.2) is 0 Å². The summed E-state index contributed by atoms with van der Waals surface area (Å²) in [7, 11) is 2.00. The fourth-order valence-corrected chi connectivity index (χ4v) is 3.78. The maximum Gasteiger partial charge on any atom is 0.124 e.